The molecule has 136 valence electrons. The first-order valence-electron chi connectivity index (χ1n) is 8.60. The minimum absolute atomic E-state index is 0.0876. The molecular weight excluding hydrogens is 362 g/mol. The van der Waals surface area contributed by atoms with Crippen molar-refractivity contribution in [3.05, 3.63) is 29.2 Å². The molecule has 1 saturated carbocycles. The monoisotopic (exact) mass is 383 g/mol. The molecule has 1 aliphatic carbocycles. The highest BCUT2D eigenvalue weighted by molar-refractivity contribution is 7.91. The van der Waals surface area contributed by atoms with Gasteiger partial charge in [0.15, 0.2) is 5.82 Å². The van der Waals surface area contributed by atoms with Gasteiger partial charge < -0.3 is 9.26 Å². The molecule has 3 heterocycles. The van der Waals surface area contributed by atoms with E-state index in [1.165, 1.54) is 11.3 Å². The average Bonchev–Trinajstić information content (AvgIpc) is 3.12. The molecular formula is C16H21N3O4S2. The molecule has 0 atom stereocenters. The predicted molar refractivity (Wildman–Crippen MR) is 92.0 cm³/mol. The maximum absolute atomic E-state index is 12.5. The molecule has 7 nitrogen and oxygen atoms in total. The molecule has 9 heteroatoms. The SMILES string of the molecule is O=S(=O)(c1cccs1)N1CCC(OCCc2noc(C3CC3)n2)CC1. The maximum Gasteiger partial charge on any atom is 0.252 e. The van der Waals surface area contributed by atoms with E-state index in [4.69, 9.17) is 9.26 Å². The van der Waals surface area contributed by atoms with Crippen LogP contribution in [0.4, 0.5) is 0 Å². The van der Waals surface area contributed by atoms with Gasteiger partial charge in [-0.3, -0.25) is 0 Å². The molecule has 2 aromatic heterocycles. The summed E-state index contributed by atoms with van der Waals surface area (Å²) in [5.41, 5.74) is 0. The van der Waals surface area contributed by atoms with E-state index in [1.807, 2.05) is 0 Å². The van der Waals surface area contributed by atoms with Gasteiger partial charge in [-0.05, 0) is 37.1 Å². The van der Waals surface area contributed by atoms with Crippen molar-refractivity contribution in [1.29, 1.82) is 0 Å². The molecule has 0 unspecified atom stereocenters. The lowest BCUT2D eigenvalue weighted by Crippen LogP contribution is -2.40. The van der Waals surface area contributed by atoms with Gasteiger partial charge in [-0.1, -0.05) is 11.2 Å². The zero-order valence-electron chi connectivity index (χ0n) is 13.8. The van der Waals surface area contributed by atoms with E-state index in [0.29, 0.717) is 54.9 Å². The third-order valence-corrected chi connectivity index (χ3v) is 7.85. The third-order valence-electron chi connectivity index (χ3n) is 4.58. The fraction of sp³-hybridized carbons (Fsp3) is 0.625. The Hall–Kier alpha value is -1.29. The van der Waals surface area contributed by atoms with E-state index in [9.17, 15) is 8.42 Å². The molecule has 0 aromatic carbocycles. The van der Waals surface area contributed by atoms with E-state index in [0.717, 1.165) is 18.7 Å². The molecule has 2 fully saturated rings. The number of piperidine rings is 1. The zero-order chi connectivity index (χ0) is 17.3. The number of hydrogen-bond acceptors (Lipinski definition) is 7. The van der Waals surface area contributed by atoms with Gasteiger partial charge in [0.2, 0.25) is 5.89 Å². The predicted octanol–water partition coefficient (Wildman–Crippen LogP) is 2.42. The van der Waals surface area contributed by atoms with Gasteiger partial charge >= 0.3 is 0 Å². The first kappa shape index (κ1) is 17.1. The van der Waals surface area contributed by atoms with Gasteiger partial charge in [0.25, 0.3) is 10.0 Å². The van der Waals surface area contributed by atoms with Crippen molar-refractivity contribution in [3.8, 4) is 0 Å². The summed E-state index contributed by atoms with van der Waals surface area (Å²) in [7, 11) is -3.34. The number of nitrogens with zero attached hydrogens (tertiary/aromatic N) is 3. The number of hydrogen-bond donors (Lipinski definition) is 0. The van der Waals surface area contributed by atoms with Crippen LogP contribution in [0.2, 0.25) is 0 Å². The second-order valence-electron chi connectivity index (χ2n) is 6.48. The third kappa shape index (κ3) is 3.94. The summed E-state index contributed by atoms with van der Waals surface area (Å²) in [5, 5.41) is 5.77. The Bertz CT molecular complexity index is 791. The van der Waals surface area contributed by atoms with Crippen molar-refractivity contribution in [2.75, 3.05) is 19.7 Å². The maximum atomic E-state index is 12.5. The van der Waals surface area contributed by atoms with Crippen molar-refractivity contribution >= 4 is 21.4 Å². The standard InChI is InChI=1S/C16H21N3O4S2/c20-25(21,15-2-1-11-24-15)19-8-5-13(6-9-19)22-10-7-14-17-16(23-18-14)12-3-4-12/h1-2,11-13H,3-10H2. The van der Waals surface area contributed by atoms with Crippen LogP contribution in [0.25, 0.3) is 0 Å². The Morgan fingerprint density at radius 2 is 2.08 bits per heavy atom. The second-order valence-corrected chi connectivity index (χ2v) is 9.59. The number of rotatable bonds is 7. The smallest absolute Gasteiger partial charge is 0.252 e. The summed E-state index contributed by atoms with van der Waals surface area (Å²) in [6.45, 7) is 1.53. The molecule has 1 saturated heterocycles. The van der Waals surface area contributed by atoms with E-state index in [-0.39, 0.29) is 6.10 Å². The van der Waals surface area contributed by atoms with Crippen LogP contribution in [0.5, 0.6) is 0 Å². The molecule has 0 amide bonds. The molecule has 0 N–H and O–H groups in total. The van der Waals surface area contributed by atoms with Gasteiger partial charge in [-0.25, -0.2) is 8.42 Å². The topological polar surface area (TPSA) is 85.5 Å². The van der Waals surface area contributed by atoms with Crippen molar-refractivity contribution in [2.45, 2.75) is 48.3 Å². The van der Waals surface area contributed by atoms with Crippen molar-refractivity contribution < 1.29 is 17.7 Å². The Balaban J connectivity index is 1.22. The van der Waals surface area contributed by atoms with E-state index in [2.05, 4.69) is 10.1 Å². The van der Waals surface area contributed by atoms with E-state index >= 15 is 0 Å². The van der Waals surface area contributed by atoms with Crippen LogP contribution in [-0.2, 0) is 21.2 Å². The van der Waals surface area contributed by atoms with Crippen molar-refractivity contribution in [2.24, 2.45) is 0 Å². The summed E-state index contributed by atoms with van der Waals surface area (Å²) in [6.07, 6.45) is 4.43. The summed E-state index contributed by atoms with van der Waals surface area (Å²) in [4.78, 5) is 4.38. The number of aromatic nitrogens is 2. The largest absolute Gasteiger partial charge is 0.378 e. The van der Waals surface area contributed by atoms with Crippen LogP contribution in [0, 0.1) is 0 Å². The van der Waals surface area contributed by atoms with Gasteiger partial charge in [-0.15, -0.1) is 11.3 Å². The normalized spacial score (nSPS) is 20.2. The summed E-state index contributed by atoms with van der Waals surface area (Å²) >= 11 is 1.26. The highest BCUT2D eigenvalue weighted by atomic mass is 32.2. The first-order chi connectivity index (χ1) is 12.1. The lowest BCUT2D eigenvalue weighted by Gasteiger charge is -2.30. The molecule has 25 heavy (non-hydrogen) atoms. The van der Waals surface area contributed by atoms with E-state index in [1.54, 1.807) is 21.8 Å². The van der Waals surface area contributed by atoms with Crippen LogP contribution in [0.1, 0.15) is 43.3 Å². The van der Waals surface area contributed by atoms with Crippen LogP contribution in [0.15, 0.2) is 26.2 Å². The highest BCUT2D eigenvalue weighted by Gasteiger charge is 2.31. The van der Waals surface area contributed by atoms with Crippen LogP contribution < -0.4 is 0 Å². The quantitative estimate of drug-likeness (QED) is 0.730. The van der Waals surface area contributed by atoms with Crippen LogP contribution in [-0.4, -0.2) is 48.7 Å². The summed E-state index contributed by atoms with van der Waals surface area (Å²) in [5.74, 6) is 1.92. The van der Waals surface area contributed by atoms with Crippen LogP contribution in [0.3, 0.4) is 0 Å². The Morgan fingerprint density at radius 1 is 1.28 bits per heavy atom. The van der Waals surface area contributed by atoms with Gasteiger partial charge in [0, 0.05) is 25.4 Å². The van der Waals surface area contributed by atoms with Gasteiger partial charge in [0.1, 0.15) is 4.21 Å². The van der Waals surface area contributed by atoms with Crippen molar-refractivity contribution in [3.63, 3.8) is 0 Å². The summed E-state index contributed by atoms with van der Waals surface area (Å²) < 4.78 is 38.1. The average molecular weight is 383 g/mol. The molecule has 4 rings (SSSR count). The number of thiophene rings is 1. The minimum atomic E-state index is -3.34. The fourth-order valence-electron chi connectivity index (χ4n) is 2.96. The van der Waals surface area contributed by atoms with Crippen molar-refractivity contribution in [1.82, 2.24) is 14.4 Å². The Morgan fingerprint density at radius 3 is 2.76 bits per heavy atom. The number of sulfonamides is 1. The second kappa shape index (κ2) is 7.14. The molecule has 2 aliphatic rings. The zero-order valence-corrected chi connectivity index (χ0v) is 15.5. The molecule has 2 aromatic rings. The van der Waals surface area contributed by atoms with Gasteiger partial charge in [0.05, 0.1) is 12.7 Å². The fourth-order valence-corrected chi connectivity index (χ4v) is 5.57. The van der Waals surface area contributed by atoms with Gasteiger partial charge in [-0.2, -0.15) is 9.29 Å². The number of ether oxygens (including phenoxy) is 1. The minimum Gasteiger partial charge on any atom is -0.378 e. The molecule has 0 bridgehead atoms. The summed E-state index contributed by atoms with van der Waals surface area (Å²) in [6, 6.07) is 3.42. The first-order valence-corrected chi connectivity index (χ1v) is 10.9. The van der Waals surface area contributed by atoms with Crippen LogP contribution >= 0.6 is 11.3 Å². The lowest BCUT2D eigenvalue weighted by molar-refractivity contribution is 0.0222. The van der Waals surface area contributed by atoms with E-state index < -0.39 is 10.0 Å². The molecule has 0 spiro atoms. The Labute approximate surface area is 151 Å². The Kier molecular flexibility index (Phi) is 4.90. The highest BCUT2D eigenvalue weighted by Crippen LogP contribution is 2.38. The molecule has 0 radical (unpaired) electrons. The lowest BCUT2D eigenvalue weighted by atomic mass is 10.1. The molecule has 1 aliphatic heterocycles.